The van der Waals surface area contributed by atoms with E-state index < -0.39 is 0 Å². The van der Waals surface area contributed by atoms with Crippen molar-refractivity contribution in [3.63, 3.8) is 0 Å². The maximum Gasteiger partial charge on any atom is 0.221 e. The Morgan fingerprint density at radius 3 is 2.35 bits per heavy atom. The number of benzene rings is 2. The smallest absolute Gasteiger partial charge is 0.221 e. The summed E-state index contributed by atoms with van der Waals surface area (Å²) in [6, 6.07) is 14.9. The molecule has 0 bridgehead atoms. The number of anilines is 2. The highest BCUT2D eigenvalue weighted by Crippen LogP contribution is 2.17. The summed E-state index contributed by atoms with van der Waals surface area (Å²) < 4.78 is 13.5. The van der Waals surface area contributed by atoms with E-state index in [1.807, 2.05) is 12.1 Å². The topological polar surface area (TPSA) is 44.4 Å². The molecule has 2 aromatic carbocycles. The fourth-order valence-electron chi connectivity index (χ4n) is 2.83. The minimum atomic E-state index is -0.225. The molecule has 26 heavy (non-hydrogen) atoms. The van der Waals surface area contributed by atoms with E-state index >= 15 is 0 Å². The van der Waals surface area contributed by atoms with Crippen LogP contribution in [0.2, 0.25) is 0 Å². The summed E-state index contributed by atoms with van der Waals surface area (Å²) in [7, 11) is 0. The summed E-state index contributed by atoms with van der Waals surface area (Å²) in [5.74, 6) is -0.259. The van der Waals surface area contributed by atoms with E-state index in [0.29, 0.717) is 31.5 Å². The molecule has 2 rings (SSSR count). The fourth-order valence-corrected chi connectivity index (χ4v) is 2.83. The van der Waals surface area contributed by atoms with Crippen LogP contribution in [0.3, 0.4) is 0 Å². The number of carbonyl (C=O) groups excluding carboxylic acids is 1. The van der Waals surface area contributed by atoms with Gasteiger partial charge in [-0.2, -0.15) is 0 Å². The SMILES string of the molecule is CCN(CC)c1ccc(NCCC(=O)NCCc2ccccc2F)cc1. The molecule has 0 spiro atoms. The zero-order valence-corrected chi connectivity index (χ0v) is 15.6. The van der Waals surface area contributed by atoms with Crippen LogP contribution in [0, 0.1) is 5.82 Å². The Morgan fingerprint density at radius 2 is 1.69 bits per heavy atom. The summed E-state index contributed by atoms with van der Waals surface area (Å²) in [5.41, 5.74) is 2.82. The second-order valence-corrected chi connectivity index (χ2v) is 6.09. The molecule has 5 heteroatoms. The van der Waals surface area contributed by atoms with Crippen LogP contribution in [-0.4, -0.2) is 32.1 Å². The lowest BCUT2D eigenvalue weighted by atomic mass is 10.1. The van der Waals surface area contributed by atoms with Gasteiger partial charge in [0.15, 0.2) is 0 Å². The number of carbonyl (C=O) groups is 1. The van der Waals surface area contributed by atoms with Gasteiger partial charge in [0, 0.05) is 44.0 Å². The Morgan fingerprint density at radius 1 is 1.00 bits per heavy atom. The van der Waals surface area contributed by atoms with Gasteiger partial charge in [0.2, 0.25) is 5.91 Å². The van der Waals surface area contributed by atoms with Crippen LogP contribution in [0.15, 0.2) is 48.5 Å². The number of hydrogen-bond acceptors (Lipinski definition) is 3. The van der Waals surface area contributed by atoms with E-state index in [0.717, 1.165) is 18.8 Å². The van der Waals surface area contributed by atoms with Crippen molar-refractivity contribution in [3.8, 4) is 0 Å². The fraction of sp³-hybridized carbons (Fsp3) is 0.381. The minimum absolute atomic E-state index is 0.0337. The van der Waals surface area contributed by atoms with E-state index in [1.54, 1.807) is 18.2 Å². The van der Waals surface area contributed by atoms with Crippen molar-refractivity contribution in [2.75, 3.05) is 36.4 Å². The molecule has 1 amide bonds. The Bertz CT molecular complexity index is 684. The highest BCUT2D eigenvalue weighted by Gasteiger charge is 2.04. The van der Waals surface area contributed by atoms with Gasteiger partial charge in [-0.15, -0.1) is 0 Å². The van der Waals surface area contributed by atoms with Gasteiger partial charge >= 0.3 is 0 Å². The van der Waals surface area contributed by atoms with Crippen LogP contribution in [0.1, 0.15) is 25.8 Å². The average molecular weight is 357 g/mol. The first kappa shape index (κ1) is 19.8. The van der Waals surface area contributed by atoms with Gasteiger partial charge in [0.25, 0.3) is 0 Å². The molecule has 0 unspecified atom stereocenters. The molecule has 0 saturated carbocycles. The molecule has 140 valence electrons. The van der Waals surface area contributed by atoms with E-state index in [9.17, 15) is 9.18 Å². The first-order chi connectivity index (χ1) is 12.6. The summed E-state index contributed by atoms with van der Waals surface area (Å²) >= 11 is 0. The molecule has 4 nitrogen and oxygen atoms in total. The molecular formula is C21H28FN3O. The van der Waals surface area contributed by atoms with Crippen LogP contribution in [-0.2, 0) is 11.2 Å². The molecule has 0 aliphatic heterocycles. The first-order valence-electron chi connectivity index (χ1n) is 9.23. The molecule has 0 aliphatic rings. The summed E-state index contributed by atoms with van der Waals surface area (Å²) in [6.45, 7) is 7.25. The van der Waals surface area contributed by atoms with E-state index in [-0.39, 0.29) is 11.7 Å². The molecular weight excluding hydrogens is 329 g/mol. The van der Waals surface area contributed by atoms with Crippen molar-refractivity contribution in [2.24, 2.45) is 0 Å². The van der Waals surface area contributed by atoms with Gasteiger partial charge in [0.05, 0.1) is 0 Å². The summed E-state index contributed by atoms with van der Waals surface area (Å²) in [4.78, 5) is 14.2. The molecule has 0 saturated heterocycles. The Hall–Kier alpha value is -2.56. The lowest BCUT2D eigenvalue weighted by molar-refractivity contribution is -0.120. The third-order valence-electron chi connectivity index (χ3n) is 4.35. The maximum atomic E-state index is 13.5. The van der Waals surface area contributed by atoms with Crippen molar-refractivity contribution >= 4 is 17.3 Å². The van der Waals surface area contributed by atoms with Gasteiger partial charge in [-0.3, -0.25) is 4.79 Å². The molecule has 0 heterocycles. The number of amides is 1. The lowest BCUT2D eigenvalue weighted by Crippen LogP contribution is -2.27. The van der Waals surface area contributed by atoms with Crippen LogP contribution < -0.4 is 15.5 Å². The summed E-state index contributed by atoms with van der Waals surface area (Å²) in [5, 5.41) is 6.09. The second kappa shape index (κ2) is 10.4. The van der Waals surface area contributed by atoms with E-state index in [2.05, 4.69) is 41.5 Å². The molecule has 0 aromatic heterocycles. The largest absolute Gasteiger partial charge is 0.385 e. The minimum Gasteiger partial charge on any atom is -0.385 e. The average Bonchev–Trinajstić information content (AvgIpc) is 2.65. The van der Waals surface area contributed by atoms with Gasteiger partial charge in [-0.05, 0) is 56.2 Å². The van der Waals surface area contributed by atoms with Crippen LogP contribution in [0.5, 0.6) is 0 Å². The normalized spacial score (nSPS) is 10.4. The van der Waals surface area contributed by atoms with Crippen molar-refractivity contribution < 1.29 is 9.18 Å². The van der Waals surface area contributed by atoms with Gasteiger partial charge < -0.3 is 15.5 Å². The predicted molar refractivity (Wildman–Crippen MR) is 106 cm³/mol. The highest BCUT2D eigenvalue weighted by atomic mass is 19.1. The zero-order chi connectivity index (χ0) is 18.8. The molecule has 0 aliphatic carbocycles. The number of hydrogen-bond donors (Lipinski definition) is 2. The lowest BCUT2D eigenvalue weighted by Gasteiger charge is -2.21. The second-order valence-electron chi connectivity index (χ2n) is 6.09. The highest BCUT2D eigenvalue weighted by molar-refractivity contribution is 5.76. The number of nitrogens with one attached hydrogen (secondary N) is 2. The standard InChI is InChI=1S/C21H28FN3O/c1-3-25(4-2)19-11-9-18(10-12-19)23-16-14-21(26)24-15-13-17-7-5-6-8-20(17)22/h5-12,23H,3-4,13-16H2,1-2H3,(H,24,26). The van der Waals surface area contributed by atoms with Crippen molar-refractivity contribution in [3.05, 3.63) is 59.9 Å². The first-order valence-corrected chi connectivity index (χ1v) is 9.23. The van der Waals surface area contributed by atoms with Crippen molar-refractivity contribution in [1.29, 1.82) is 0 Å². The van der Waals surface area contributed by atoms with E-state index in [1.165, 1.54) is 11.8 Å². The number of nitrogens with zero attached hydrogens (tertiary/aromatic N) is 1. The third kappa shape index (κ3) is 6.06. The monoisotopic (exact) mass is 357 g/mol. The molecule has 2 N–H and O–H groups in total. The maximum absolute atomic E-state index is 13.5. The van der Waals surface area contributed by atoms with Crippen molar-refractivity contribution in [2.45, 2.75) is 26.7 Å². The zero-order valence-electron chi connectivity index (χ0n) is 15.6. The molecule has 0 atom stereocenters. The Balaban J connectivity index is 1.67. The van der Waals surface area contributed by atoms with Gasteiger partial charge in [-0.25, -0.2) is 4.39 Å². The number of rotatable bonds is 10. The van der Waals surface area contributed by atoms with Crippen LogP contribution >= 0.6 is 0 Å². The van der Waals surface area contributed by atoms with Gasteiger partial charge in [-0.1, -0.05) is 18.2 Å². The molecule has 0 radical (unpaired) electrons. The van der Waals surface area contributed by atoms with Crippen LogP contribution in [0.4, 0.5) is 15.8 Å². The molecule has 2 aromatic rings. The third-order valence-corrected chi connectivity index (χ3v) is 4.35. The Kier molecular flexibility index (Phi) is 7.93. The van der Waals surface area contributed by atoms with Crippen molar-refractivity contribution in [1.82, 2.24) is 5.32 Å². The Labute approximate surface area is 155 Å². The predicted octanol–water partition coefficient (Wildman–Crippen LogP) is 3.83. The van der Waals surface area contributed by atoms with E-state index in [4.69, 9.17) is 0 Å². The quantitative estimate of drug-likeness (QED) is 0.679. The van der Waals surface area contributed by atoms with Gasteiger partial charge in [0.1, 0.15) is 5.82 Å². The summed E-state index contributed by atoms with van der Waals surface area (Å²) in [6.07, 6.45) is 0.883. The molecule has 0 fully saturated rings. The van der Waals surface area contributed by atoms with Crippen LogP contribution in [0.25, 0.3) is 0 Å². The number of halogens is 1.